The summed E-state index contributed by atoms with van der Waals surface area (Å²) in [6.07, 6.45) is 1.29. The van der Waals surface area contributed by atoms with E-state index in [0.717, 1.165) is 33.7 Å². The van der Waals surface area contributed by atoms with Crippen molar-refractivity contribution in [3.8, 4) is 11.5 Å². The number of hydrogen-bond acceptors (Lipinski definition) is 5. The molecule has 0 fully saturated rings. The number of carbonyl (C=O) groups is 2. The molecule has 0 radical (unpaired) electrons. The van der Waals surface area contributed by atoms with Crippen molar-refractivity contribution in [2.45, 2.75) is 24.7 Å². The molecule has 4 rings (SSSR count). The molecule has 0 saturated carbocycles. The summed E-state index contributed by atoms with van der Waals surface area (Å²) in [5.41, 5.74) is 3.84. The Morgan fingerprint density at radius 1 is 0.906 bits per heavy atom. The number of oxazole rings is 1. The van der Waals surface area contributed by atoms with E-state index in [2.05, 4.69) is 15.6 Å². The number of aromatic nitrogens is 1. The van der Waals surface area contributed by atoms with Crippen LogP contribution >= 0.6 is 11.8 Å². The number of anilines is 2. The highest BCUT2D eigenvalue weighted by Crippen LogP contribution is 2.26. The molecule has 162 valence electrons. The van der Waals surface area contributed by atoms with Crippen molar-refractivity contribution in [3.05, 3.63) is 72.8 Å². The van der Waals surface area contributed by atoms with Gasteiger partial charge in [0.15, 0.2) is 5.58 Å². The molecule has 0 aliphatic carbocycles. The van der Waals surface area contributed by atoms with E-state index in [4.69, 9.17) is 4.42 Å². The van der Waals surface area contributed by atoms with Crippen LogP contribution in [0, 0.1) is 0 Å². The van der Waals surface area contributed by atoms with Crippen LogP contribution in [0.4, 0.5) is 11.4 Å². The van der Waals surface area contributed by atoms with Crippen molar-refractivity contribution in [1.82, 2.24) is 4.98 Å². The highest BCUT2D eigenvalue weighted by Gasteiger charge is 2.09. The molecule has 6 nitrogen and oxygen atoms in total. The normalized spacial score (nSPS) is 10.8. The lowest BCUT2D eigenvalue weighted by atomic mass is 10.2. The second-order valence-electron chi connectivity index (χ2n) is 7.23. The molecule has 0 aliphatic heterocycles. The van der Waals surface area contributed by atoms with E-state index in [9.17, 15) is 9.59 Å². The summed E-state index contributed by atoms with van der Waals surface area (Å²) in [6.45, 7) is 1.97. The summed E-state index contributed by atoms with van der Waals surface area (Å²) < 4.78 is 5.78. The van der Waals surface area contributed by atoms with E-state index in [1.165, 1.54) is 11.8 Å². The molecule has 0 spiro atoms. The number of rotatable bonds is 8. The molecule has 2 N–H and O–H groups in total. The summed E-state index contributed by atoms with van der Waals surface area (Å²) in [7, 11) is 0. The van der Waals surface area contributed by atoms with Gasteiger partial charge in [-0.05, 0) is 61.0 Å². The summed E-state index contributed by atoms with van der Waals surface area (Å²) in [6, 6.07) is 22.5. The van der Waals surface area contributed by atoms with Crippen molar-refractivity contribution >= 4 is 46.1 Å². The SMILES string of the molecule is CCCC(=O)Nc1cccc(SCC(=O)Nc2ccc(-c3nc4ccccc4o3)cc2)c1. The largest absolute Gasteiger partial charge is 0.436 e. The van der Waals surface area contributed by atoms with Crippen LogP contribution in [0.1, 0.15) is 19.8 Å². The van der Waals surface area contributed by atoms with Gasteiger partial charge in [-0.3, -0.25) is 9.59 Å². The lowest BCUT2D eigenvalue weighted by molar-refractivity contribution is -0.116. The number of carbonyl (C=O) groups excluding carboxylic acids is 2. The number of fused-ring (bicyclic) bond motifs is 1. The van der Waals surface area contributed by atoms with E-state index < -0.39 is 0 Å². The fourth-order valence-corrected chi connectivity index (χ4v) is 3.91. The van der Waals surface area contributed by atoms with Gasteiger partial charge in [-0.25, -0.2) is 4.98 Å². The van der Waals surface area contributed by atoms with Crippen LogP contribution in [0.2, 0.25) is 0 Å². The molecule has 3 aromatic carbocycles. The van der Waals surface area contributed by atoms with E-state index in [0.29, 0.717) is 18.0 Å². The minimum absolute atomic E-state index is 0.00585. The zero-order valence-corrected chi connectivity index (χ0v) is 18.4. The predicted molar refractivity (Wildman–Crippen MR) is 129 cm³/mol. The zero-order valence-electron chi connectivity index (χ0n) is 17.6. The molecule has 0 aliphatic rings. The van der Waals surface area contributed by atoms with Crippen LogP contribution in [0.5, 0.6) is 0 Å². The third-order valence-corrected chi connectivity index (χ3v) is 5.67. The second-order valence-corrected chi connectivity index (χ2v) is 8.28. The van der Waals surface area contributed by atoms with Crippen molar-refractivity contribution < 1.29 is 14.0 Å². The summed E-state index contributed by atoms with van der Waals surface area (Å²) in [4.78, 5) is 29.5. The quantitative estimate of drug-likeness (QED) is 0.327. The molecule has 1 heterocycles. The van der Waals surface area contributed by atoms with Gasteiger partial charge in [-0.2, -0.15) is 0 Å². The van der Waals surface area contributed by atoms with Gasteiger partial charge in [0.2, 0.25) is 17.7 Å². The average Bonchev–Trinajstić information content (AvgIpc) is 3.23. The topological polar surface area (TPSA) is 84.2 Å². The summed E-state index contributed by atoms with van der Waals surface area (Å²) in [5.74, 6) is 0.698. The van der Waals surface area contributed by atoms with Crippen LogP contribution in [-0.4, -0.2) is 22.6 Å². The van der Waals surface area contributed by atoms with Crippen molar-refractivity contribution in [2.75, 3.05) is 16.4 Å². The van der Waals surface area contributed by atoms with Crippen LogP contribution in [-0.2, 0) is 9.59 Å². The Hall–Kier alpha value is -3.58. The first-order valence-electron chi connectivity index (χ1n) is 10.4. The number of benzene rings is 3. The van der Waals surface area contributed by atoms with Crippen molar-refractivity contribution in [2.24, 2.45) is 0 Å². The highest BCUT2D eigenvalue weighted by molar-refractivity contribution is 8.00. The maximum atomic E-state index is 12.4. The number of hydrogen-bond donors (Lipinski definition) is 2. The first-order chi connectivity index (χ1) is 15.6. The smallest absolute Gasteiger partial charge is 0.234 e. The summed E-state index contributed by atoms with van der Waals surface area (Å²) >= 11 is 1.42. The Bertz CT molecular complexity index is 1200. The van der Waals surface area contributed by atoms with Gasteiger partial charge < -0.3 is 15.1 Å². The van der Waals surface area contributed by atoms with Crippen molar-refractivity contribution in [1.29, 1.82) is 0 Å². The molecule has 0 bridgehead atoms. The second kappa shape index (κ2) is 10.2. The molecule has 0 atom stereocenters. The Morgan fingerprint density at radius 2 is 1.69 bits per heavy atom. The molecule has 1 aromatic heterocycles. The van der Waals surface area contributed by atoms with E-state index >= 15 is 0 Å². The molecular weight excluding hydrogens is 422 g/mol. The fraction of sp³-hybridized carbons (Fsp3) is 0.160. The number of thioether (sulfide) groups is 1. The van der Waals surface area contributed by atoms with Gasteiger partial charge in [-0.1, -0.05) is 25.1 Å². The van der Waals surface area contributed by atoms with Crippen molar-refractivity contribution in [3.63, 3.8) is 0 Å². The first-order valence-corrected chi connectivity index (χ1v) is 11.4. The minimum Gasteiger partial charge on any atom is -0.436 e. The standard InChI is InChI=1S/C25H23N3O3S/c1-2-6-23(29)27-19-7-5-8-20(15-19)32-16-24(30)26-18-13-11-17(12-14-18)25-28-21-9-3-4-10-22(21)31-25/h3-5,7-15H,2,6,16H2,1H3,(H,26,30)(H,27,29). The molecule has 32 heavy (non-hydrogen) atoms. The number of amides is 2. The number of para-hydroxylation sites is 2. The van der Waals surface area contributed by atoms with Crippen LogP contribution < -0.4 is 10.6 Å². The van der Waals surface area contributed by atoms with Crippen LogP contribution in [0.25, 0.3) is 22.6 Å². The number of nitrogens with zero attached hydrogens (tertiary/aromatic N) is 1. The maximum Gasteiger partial charge on any atom is 0.234 e. The lowest BCUT2D eigenvalue weighted by Crippen LogP contribution is -2.14. The molecule has 0 saturated heterocycles. The summed E-state index contributed by atoms with van der Waals surface area (Å²) in [5, 5.41) is 5.77. The van der Waals surface area contributed by atoms with Gasteiger partial charge >= 0.3 is 0 Å². The minimum atomic E-state index is -0.106. The van der Waals surface area contributed by atoms with E-state index in [-0.39, 0.29) is 17.6 Å². The van der Waals surface area contributed by atoms with Gasteiger partial charge in [0, 0.05) is 28.3 Å². The zero-order chi connectivity index (χ0) is 22.3. The third-order valence-electron chi connectivity index (χ3n) is 4.67. The van der Waals surface area contributed by atoms with Gasteiger partial charge in [-0.15, -0.1) is 11.8 Å². The Kier molecular flexibility index (Phi) is 6.87. The highest BCUT2D eigenvalue weighted by atomic mass is 32.2. The Labute approximate surface area is 190 Å². The first kappa shape index (κ1) is 21.6. The molecule has 7 heteroatoms. The molecular formula is C25H23N3O3S. The maximum absolute atomic E-state index is 12.4. The fourth-order valence-electron chi connectivity index (χ4n) is 3.15. The average molecular weight is 446 g/mol. The monoisotopic (exact) mass is 445 g/mol. The van der Waals surface area contributed by atoms with Gasteiger partial charge in [0.1, 0.15) is 5.52 Å². The Balaban J connectivity index is 1.32. The van der Waals surface area contributed by atoms with Crippen LogP contribution in [0.3, 0.4) is 0 Å². The molecule has 4 aromatic rings. The third kappa shape index (κ3) is 5.56. The predicted octanol–water partition coefficient (Wildman–Crippen LogP) is 5.96. The molecule has 2 amide bonds. The van der Waals surface area contributed by atoms with E-state index in [1.54, 1.807) is 0 Å². The van der Waals surface area contributed by atoms with Gasteiger partial charge in [0.05, 0.1) is 5.75 Å². The number of nitrogens with one attached hydrogen (secondary N) is 2. The Morgan fingerprint density at radius 3 is 2.47 bits per heavy atom. The van der Waals surface area contributed by atoms with Crippen LogP contribution in [0.15, 0.2) is 82.1 Å². The van der Waals surface area contributed by atoms with E-state index in [1.807, 2.05) is 79.7 Å². The lowest BCUT2D eigenvalue weighted by Gasteiger charge is -2.08. The molecule has 0 unspecified atom stereocenters. The van der Waals surface area contributed by atoms with Gasteiger partial charge in [0.25, 0.3) is 0 Å².